The first-order valence-electron chi connectivity index (χ1n) is 14.5. The Morgan fingerprint density at radius 3 is 2.44 bits per heavy atom. The number of aryl methyl sites for hydroxylation is 1. The van der Waals surface area contributed by atoms with Crippen LogP contribution in [-0.4, -0.2) is 32.9 Å². The lowest BCUT2D eigenvalue weighted by molar-refractivity contribution is 0.262. The van der Waals surface area contributed by atoms with Crippen molar-refractivity contribution >= 4 is 39.9 Å². The maximum absolute atomic E-state index is 13.3. The van der Waals surface area contributed by atoms with Crippen LogP contribution in [0.3, 0.4) is 0 Å². The Hall–Kier alpha value is -5.90. The molecule has 2 aromatic heterocycles. The van der Waals surface area contributed by atoms with Crippen LogP contribution in [-0.2, 0) is 0 Å². The van der Waals surface area contributed by atoms with Gasteiger partial charge < -0.3 is 20.1 Å². The van der Waals surface area contributed by atoms with Gasteiger partial charge >= 0.3 is 6.03 Å². The third-order valence-electron chi connectivity index (χ3n) is 7.14. The maximum atomic E-state index is 13.3. The first-order valence-corrected chi connectivity index (χ1v) is 14.5. The van der Waals surface area contributed by atoms with Gasteiger partial charge in [-0.25, -0.2) is 14.5 Å². The highest BCUT2D eigenvalue weighted by Gasteiger charge is 2.16. The average molecular weight is 600 g/mol. The fraction of sp³-hybridized carbons (Fsp3) is 0.143. The maximum Gasteiger partial charge on any atom is 0.324 e. The first-order chi connectivity index (χ1) is 21.9. The molecule has 0 aliphatic rings. The van der Waals surface area contributed by atoms with Gasteiger partial charge in [-0.1, -0.05) is 61.9 Å². The minimum absolute atomic E-state index is 0.195. The van der Waals surface area contributed by atoms with Gasteiger partial charge in [-0.05, 0) is 49.2 Å². The second kappa shape index (κ2) is 12.8. The number of carbonyl (C=O) groups excluding carboxylic acids is 1. The Labute approximate surface area is 261 Å². The van der Waals surface area contributed by atoms with Crippen molar-refractivity contribution in [1.82, 2.24) is 19.7 Å². The zero-order valence-corrected chi connectivity index (χ0v) is 25.4. The third-order valence-corrected chi connectivity index (χ3v) is 7.14. The standard InChI is InChI=1S/C35H33N7O3/c1-22(2)30-21-32(42(41-30)25-14-12-23(3)13-15-25)39-35(43)38-29-16-17-31(28-11-6-5-10-27(28)29)45-33-18-19-36-34(40-33)37-24-8-7-9-26(20-24)44-4/h5-22H,1-4H3,(H,36,37,40)(H2,38,39,43). The number of hydrogen-bond acceptors (Lipinski definition) is 7. The fourth-order valence-corrected chi connectivity index (χ4v) is 4.79. The predicted octanol–water partition coefficient (Wildman–Crippen LogP) is 8.44. The number of benzene rings is 4. The molecule has 226 valence electrons. The Kier molecular flexibility index (Phi) is 8.28. The van der Waals surface area contributed by atoms with E-state index >= 15 is 0 Å². The number of fused-ring (bicyclic) bond motifs is 1. The van der Waals surface area contributed by atoms with Gasteiger partial charge in [-0.3, -0.25) is 5.32 Å². The smallest absolute Gasteiger partial charge is 0.324 e. The first kappa shape index (κ1) is 29.2. The summed E-state index contributed by atoms with van der Waals surface area (Å²) in [5.41, 5.74) is 4.30. The van der Waals surface area contributed by atoms with Gasteiger partial charge in [-0.2, -0.15) is 10.1 Å². The van der Waals surface area contributed by atoms with Crippen molar-refractivity contribution in [3.8, 4) is 23.1 Å². The number of methoxy groups -OCH3 is 1. The molecule has 4 aromatic carbocycles. The van der Waals surface area contributed by atoms with E-state index in [9.17, 15) is 4.79 Å². The summed E-state index contributed by atoms with van der Waals surface area (Å²) in [6.45, 7) is 6.17. The molecule has 10 nitrogen and oxygen atoms in total. The van der Waals surface area contributed by atoms with E-state index in [1.54, 1.807) is 24.1 Å². The van der Waals surface area contributed by atoms with Crippen LogP contribution in [0.15, 0.2) is 103 Å². The van der Waals surface area contributed by atoms with Crippen LogP contribution in [0.25, 0.3) is 16.5 Å². The van der Waals surface area contributed by atoms with Gasteiger partial charge in [0.1, 0.15) is 17.3 Å². The number of rotatable bonds is 9. The van der Waals surface area contributed by atoms with E-state index in [4.69, 9.17) is 14.6 Å². The molecule has 6 aromatic rings. The molecule has 0 bridgehead atoms. The van der Waals surface area contributed by atoms with Crippen molar-refractivity contribution in [2.75, 3.05) is 23.1 Å². The van der Waals surface area contributed by atoms with Gasteiger partial charge in [0.2, 0.25) is 11.8 Å². The molecule has 3 N–H and O–H groups in total. The zero-order valence-electron chi connectivity index (χ0n) is 25.4. The number of nitrogens with one attached hydrogen (secondary N) is 3. The Bertz CT molecular complexity index is 1970. The lowest BCUT2D eigenvalue weighted by Crippen LogP contribution is -2.21. The van der Waals surface area contributed by atoms with E-state index in [-0.39, 0.29) is 11.9 Å². The molecule has 0 aliphatic carbocycles. The minimum atomic E-state index is -0.388. The molecule has 2 amide bonds. The van der Waals surface area contributed by atoms with Crippen LogP contribution in [0.4, 0.5) is 27.9 Å². The summed E-state index contributed by atoms with van der Waals surface area (Å²) < 4.78 is 13.3. The molecule has 10 heteroatoms. The van der Waals surface area contributed by atoms with E-state index in [0.29, 0.717) is 29.1 Å². The van der Waals surface area contributed by atoms with Gasteiger partial charge in [0.25, 0.3) is 0 Å². The van der Waals surface area contributed by atoms with Crippen LogP contribution < -0.4 is 25.4 Å². The van der Waals surface area contributed by atoms with Crippen molar-refractivity contribution in [3.05, 3.63) is 115 Å². The largest absolute Gasteiger partial charge is 0.497 e. The van der Waals surface area contributed by atoms with Gasteiger partial charge in [0, 0.05) is 40.9 Å². The highest BCUT2D eigenvalue weighted by Crippen LogP contribution is 2.34. The SMILES string of the molecule is COc1cccc(Nc2nccc(Oc3ccc(NC(=O)Nc4cc(C(C)C)nn4-c4ccc(C)cc4)c4ccccc34)n2)c1. The van der Waals surface area contributed by atoms with E-state index in [0.717, 1.165) is 39.2 Å². The molecular formula is C35H33N7O3. The molecule has 0 radical (unpaired) electrons. The summed E-state index contributed by atoms with van der Waals surface area (Å²) in [5.74, 6) is 2.82. The molecule has 0 unspecified atom stereocenters. The van der Waals surface area contributed by atoms with Crippen LogP contribution in [0.2, 0.25) is 0 Å². The molecular weight excluding hydrogens is 566 g/mol. The fourth-order valence-electron chi connectivity index (χ4n) is 4.79. The highest BCUT2D eigenvalue weighted by atomic mass is 16.5. The molecule has 0 aliphatic heterocycles. The van der Waals surface area contributed by atoms with E-state index < -0.39 is 0 Å². The van der Waals surface area contributed by atoms with E-state index in [1.807, 2.05) is 97.9 Å². The molecule has 0 fully saturated rings. The van der Waals surface area contributed by atoms with Crippen molar-refractivity contribution < 1.29 is 14.3 Å². The van der Waals surface area contributed by atoms with Crippen LogP contribution >= 0.6 is 0 Å². The number of aromatic nitrogens is 4. The third kappa shape index (κ3) is 6.70. The number of ether oxygens (including phenoxy) is 2. The molecule has 45 heavy (non-hydrogen) atoms. The minimum Gasteiger partial charge on any atom is -0.497 e. The zero-order chi connectivity index (χ0) is 31.3. The van der Waals surface area contributed by atoms with Crippen LogP contribution in [0, 0.1) is 6.92 Å². The van der Waals surface area contributed by atoms with Crippen LogP contribution in [0.5, 0.6) is 17.4 Å². The number of carbonyl (C=O) groups is 1. The van der Waals surface area contributed by atoms with E-state index in [1.165, 1.54) is 0 Å². The lowest BCUT2D eigenvalue weighted by Gasteiger charge is -2.14. The second-order valence-corrected chi connectivity index (χ2v) is 10.8. The summed E-state index contributed by atoms with van der Waals surface area (Å²) >= 11 is 0. The predicted molar refractivity (Wildman–Crippen MR) is 177 cm³/mol. The summed E-state index contributed by atoms with van der Waals surface area (Å²) in [6, 6.07) is 30.0. The summed E-state index contributed by atoms with van der Waals surface area (Å²) in [6.07, 6.45) is 1.62. The van der Waals surface area contributed by atoms with Gasteiger partial charge in [-0.15, -0.1) is 0 Å². The summed E-state index contributed by atoms with van der Waals surface area (Å²) in [4.78, 5) is 22.2. The summed E-state index contributed by atoms with van der Waals surface area (Å²) in [5, 5.41) is 15.5. The summed E-state index contributed by atoms with van der Waals surface area (Å²) in [7, 11) is 1.62. The lowest BCUT2D eigenvalue weighted by atomic mass is 10.1. The van der Waals surface area contributed by atoms with Crippen molar-refractivity contribution in [2.45, 2.75) is 26.7 Å². The normalized spacial score (nSPS) is 11.0. The quantitative estimate of drug-likeness (QED) is 0.153. The Morgan fingerprint density at radius 2 is 1.67 bits per heavy atom. The highest BCUT2D eigenvalue weighted by molar-refractivity contribution is 6.07. The molecule has 0 spiro atoms. The van der Waals surface area contributed by atoms with Crippen molar-refractivity contribution in [1.29, 1.82) is 0 Å². The number of hydrogen-bond donors (Lipinski definition) is 3. The number of urea groups is 1. The van der Waals surface area contributed by atoms with Gasteiger partial charge in [0.15, 0.2) is 0 Å². The van der Waals surface area contributed by atoms with E-state index in [2.05, 4.69) is 39.8 Å². The topological polar surface area (TPSA) is 115 Å². The average Bonchev–Trinajstić information content (AvgIpc) is 3.47. The molecule has 0 atom stereocenters. The second-order valence-electron chi connectivity index (χ2n) is 10.8. The Morgan fingerprint density at radius 1 is 0.867 bits per heavy atom. The molecule has 0 saturated carbocycles. The molecule has 6 rings (SSSR count). The number of anilines is 4. The van der Waals surface area contributed by atoms with Crippen molar-refractivity contribution in [2.24, 2.45) is 0 Å². The molecule has 0 saturated heterocycles. The van der Waals surface area contributed by atoms with Gasteiger partial charge in [0.05, 0.1) is 24.2 Å². The monoisotopic (exact) mass is 599 g/mol. The van der Waals surface area contributed by atoms with Crippen molar-refractivity contribution in [3.63, 3.8) is 0 Å². The molecule has 2 heterocycles. The Balaban J connectivity index is 1.22. The number of amides is 2. The number of nitrogens with zero attached hydrogens (tertiary/aromatic N) is 4. The van der Waals surface area contributed by atoms with Crippen LogP contribution in [0.1, 0.15) is 31.0 Å².